The number of Topliss-reactive ketones (excluding diaryl/α,β-unsaturated/α-hetero) is 1. The second kappa shape index (κ2) is 12.0. The van der Waals surface area contributed by atoms with Crippen LogP contribution in [0, 0.1) is 11.8 Å². The van der Waals surface area contributed by atoms with Gasteiger partial charge in [-0.3, -0.25) is 9.59 Å². The van der Waals surface area contributed by atoms with Crippen LogP contribution < -0.4 is 9.64 Å². The molecule has 5 rings (SSSR count). The summed E-state index contributed by atoms with van der Waals surface area (Å²) in [6.07, 6.45) is 3.07. The Labute approximate surface area is 239 Å². The minimum Gasteiger partial charge on any atom is -0.473 e. The Morgan fingerprint density at radius 3 is 2.31 bits per heavy atom. The van der Waals surface area contributed by atoms with Gasteiger partial charge in [-0.1, -0.05) is 35.3 Å². The number of amides is 1. The fourth-order valence-electron chi connectivity index (χ4n) is 5.82. The van der Waals surface area contributed by atoms with Gasteiger partial charge in [0.1, 0.15) is 11.1 Å². The van der Waals surface area contributed by atoms with E-state index in [9.17, 15) is 9.59 Å². The molecule has 0 saturated carbocycles. The molecule has 2 aliphatic heterocycles. The van der Waals surface area contributed by atoms with Crippen molar-refractivity contribution in [1.29, 1.82) is 0 Å². The van der Waals surface area contributed by atoms with Crippen molar-refractivity contribution in [3.8, 4) is 5.88 Å². The monoisotopic (exact) mass is 565 g/mol. The Kier molecular flexibility index (Phi) is 8.43. The number of carbonyl (C=O) groups is 2. The predicted octanol–water partition coefficient (Wildman–Crippen LogP) is 6.52. The zero-order valence-corrected chi connectivity index (χ0v) is 23.7. The van der Waals surface area contributed by atoms with Gasteiger partial charge in [-0.25, -0.2) is 4.98 Å². The van der Waals surface area contributed by atoms with Crippen LogP contribution in [-0.4, -0.2) is 53.9 Å². The maximum absolute atomic E-state index is 13.7. The minimum atomic E-state index is -0.198. The Balaban J connectivity index is 1.27. The largest absolute Gasteiger partial charge is 0.473 e. The number of halogens is 2. The van der Waals surface area contributed by atoms with Crippen molar-refractivity contribution in [3.63, 3.8) is 0 Å². The number of hydrogen-bond donors (Lipinski definition) is 0. The van der Waals surface area contributed by atoms with Crippen molar-refractivity contribution in [2.45, 2.75) is 38.7 Å². The first-order valence-corrected chi connectivity index (χ1v) is 14.2. The molecule has 0 radical (unpaired) electrons. The Morgan fingerprint density at radius 2 is 1.67 bits per heavy atom. The van der Waals surface area contributed by atoms with E-state index in [0.29, 0.717) is 34.6 Å². The van der Waals surface area contributed by atoms with Gasteiger partial charge in [0.2, 0.25) is 11.8 Å². The lowest BCUT2D eigenvalue weighted by molar-refractivity contribution is -0.135. The van der Waals surface area contributed by atoms with E-state index >= 15 is 0 Å². The van der Waals surface area contributed by atoms with Gasteiger partial charge < -0.3 is 14.5 Å². The first kappa shape index (κ1) is 27.5. The molecule has 1 amide bonds. The van der Waals surface area contributed by atoms with E-state index < -0.39 is 0 Å². The molecule has 3 heterocycles. The van der Waals surface area contributed by atoms with Gasteiger partial charge >= 0.3 is 0 Å². The van der Waals surface area contributed by atoms with Crippen LogP contribution in [-0.2, 0) is 4.79 Å². The van der Waals surface area contributed by atoms with E-state index in [1.54, 1.807) is 25.3 Å². The first-order valence-electron chi connectivity index (χ1n) is 13.5. The number of likely N-dealkylation sites (tertiary alicyclic amines) is 1. The predicted molar refractivity (Wildman–Crippen MR) is 155 cm³/mol. The summed E-state index contributed by atoms with van der Waals surface area (Å²) in [6, 6.07) is 19.2. The number of anilines is 1. The van der Waals surface area contributed by atoms with Crippen LogP contribution in [0.25, 0.3) is 0 Å². The van der Waals surface area contributed by atoms with Crippen molar-refractivity contribution < 1.29 is 14.3 Å². The van der Waals surface area contributed by atoms with Crippen LogP contribution >= 0.6 is 23.2 Å². The number of ketones is 1. The molecule has 0 aliphatic carbocycles. The lowest BCUT2D eigenvalue weighted by atomic mass is 9.86. The summed E-state index contributed by atoms with van der Waals surface area (Å²) in [5.41, 5.74) is 2.95. The molecule has 0 spiro atoms. The van der Waals surface area contributed by atoms with E-state index in [-0.39, 0.29) is 35.5 Å². The van der Waals surface area contributed by atoms with Crippen molar-refractivity contribution in [2.24, 2.45) is 11.8 Å². The van der Waals surface area contributed by atoms with E-state index in [1.165, 1.54) is 0 Å². The third-order valence-corrected chi connectivity index (χ3v) is 8.62. The lowest BCUT2D eigenvalue weighted by Crippen LogP contribution is -2.42. The molecule has 204 valence electrons. The maximum Gasteiger partial charge on any atom is 0.232 e. The summed E-state index contributed by atoms with van der Waals surface area (Å²) in [5, 5.41) is 1.16. The van der Waals surface area contributed by atoms with E-state index in [4.69, 9.17) is 27.9 Å². The van der Waals surface area contributed by atoms with Crippen LogP contribution in [0.3, 0.4) is 0 Å². The molecule has 3 aromatic rings. The molecule has 3 atom stereocenters. The van der Waals surface area contributed by atoms with Crippen LogP contribution in [0.5, 0.6) is 5.88 Å². The molecule has 0 N–H and O–H groups in total. The molecule has 39 heavy (non-hydrogen) atoms. The second-order valence-electron chi connectivity index (χ2n) is 10.5. The molecule has 1 aromatic heterocycles. The van der Waals surface area contributed by atoms with Gasteiger partial charge in [0.15, 0.2) is 5.78 Å². The summed E-state index contributed by atoms with van der Waals surface area (Å²) in [7, 11) is 0. The SMILES string of the molecule is CC(=O)c1ccc(N2CCC(C(=O)N3C[C@H]([C@H](C)Oc4ncccc4Cl)[C@@H](c4ccc(Cl)cc4)C3)CC2)cc1. The first-order chi connectivity index (χ1) is 18.8. The standard InChI is InChI=1S/C31H33Cl2N3O3/c1-20(37)22-7-11-26(12-8-22)35-16-13-24(14-17-35)31(38)36-18-27(21(2)39-30-29(33)4-3-15-34-30)28(19-36)23-5-9-25(32)10-6-23/h3-12,15,21,24,27-28H,13-14,16-19H2,1-2H3/t21-,27+,28+/m0/s1. The zero-order chi connectivity index (χ0) is 27.5. The highest BCUT2D eigenvalue weighted by molar-refractivity contribution is 6.31. The number of benzene rings is 2. The fourth-order valence-corrected chi connectivity index (χ4v) is 6.11. The molecular formula is C31H33Cl2N3O3. The van der Waals surface area contributed by atoms with Gasteiger partial charge in [-0.15, -0.1) is 0 Å². The topological polar surface area (TPSA) is 62.7 Å². The summed E-state index contributed by atoms with van der Waals surface area (Å²) in [4.78, 5) is 34.0. The number of ether oxygens (including phenoxy) is 1. The number of hydrogen-bond acceptors (Lipinski definition) is 5. The Bertz CT molecular complexity index is 1310. The number of piperidine rings is 1. The van der Waals surface area contributed by atoms with E-state index in [1.807, 2.05) is 60.4 Å². The minimum absolute atomic E-state index is 0.0104. The number of nitrogens with zero attached hydrogens (tertiary/aromatic N) is 3. The van der Waals surface area contributed by atoms with Gasteiger partial charge in [0.25, 0.3) is 0 Å². The average molecular weight is 567 g/mol. The van der Waals surface area contributed by atoms with Crippen molar-refractivity contribution in [2.75, 3.05) is 31.1 Å². The fraction of sp³-hybridized carbons (Fsp3) is 0.387. The van der Waals surface area contributed by atoms with Crippen LogP contribution in [0.1, 0.15) is 48.5 Å². The summed E-state index contributed by atoms with van der Waals surface area (Å²) >= 11 is 12.5. The summed E-state index contributed by atoms with van der Waals surface area (Å²) in [6.45, 7) is 6.48. The van der Waals surface area contributed by atoms with Gasteiger partial charge in [0.05, 0.1) is 0 Å². The highest BCUT2D eigenvalue weighted by atomic mass is 35.5. The van der Waals surface area contributed by atoms with Crippen LogP contribution in [0.15, 0.2) is 66.9 Å². The molecule has 2 saturated heterocycles. The van der Waals surface area contributed by atoms with E-state index in [2.05, 4.69) is 9.88 Å². The number of carbonyl (C=O) groups excluding carboxylic acids is 2. The summed E-state index contributed by atoms with van der Waals surface area (Å²) in [5.74, 6) is 0.871. The Hall–Kier alpha value is -3.09. The molecule has 2 fully saturated rings. The number of rotatable bonds is 7. The molecule has 8 heteroatoms. The summed E-state index contributed by atoms with van der Waals surface area (Å²) < 4.78 is 6.23. The quantitative estimate of drug-likeness (QED) is 0.305. The third-order valence-electron chi connectivity index (χ3n) is 8.08. The molecule has 2 aliphatic rings. The van der Waals surface area contributed by atoms with Crippen LogP contribution in [0.2, 0.25) is 10.0 Å². The molecule has 6 nitrogen and oxygen atoms in total. The number of pyridine rings is 1. The van der Waals surface area contributed by atoms with Gasteiger partial charge in [-0.2, -0.15) is 0 Å². The molecule has 2 aromatic carbocycles. The molecular weight excluding hydrogens is 533 g/mol. The van der Waals surface area contributed by atoms with Gasteiger partial charge in [0, 0.05) is 66.4 Å². The maximum atomic E-state index is 13.7. The third kappa shape index (κ3) is 6.23. The Morgan fingerprint density at radius 1 is 0.974 bits per heavy atom. The van der Waals surface area contributed by atoms with Crippen LogP contribution in [0.4, 0.5) is 5.69 Å². The van der Waals surface area contributed by atoms with E-state index in [0.717, 1.165) is 37.2 Å². The second-order valence-corrected chi connectivity index (χ2v) is 11.4. The lowest BCUT2D eigenvalue weighted by Gasteiger charge is -2.34. The van der Waals surface area contributed by atoms with Crippen molar-refractivity contribution >= 4 is 40.6 Å². The molecule has 0 bridgehead atoms. The highest BCUT2D eigenvalue weighted by Crippen LogP contribution is 2.38. The highest BCUT2D eigenvalue weighted by Gasteiger charge is 2.42. The average Bonchev–Trinajstić information content (AvgIpc) is 3.40. The smallest absolute Gasteiger partial charge is 0.232 e. The normalized spacial score (nSPS) is 20.6. The van der Waals surface area contributed by atoms with Crippen molar-refractivity contribution in [3.05, 3.63) is 88.0 Å². The number of aromatic nitrogens is 1. The van der Waals surface area contributed by atoms with Crippen molar-refractivity contribution in [1.82, 2.24) is 9.88 Å². The molecule has 0 unspecified atom stereocenters. The zero-order valence-electron chi connectivity index (χ0n) is 22.2. The van der Waals surface area contributed by atoms with Gasteiger partial charge in [-0.05, 0) is 80.8 Å².